The minimum absolute atomic E-state index is 0.0835. The lowest BCUT2D eigenvalue weighted by molar-refractivity contribution is -0.142. The molecule has 0 heterocycles. The lowest BCUT2D eigenvalue weighted by atomic mass is 9.94. The zero-order valence-electron chi connectivity index (χ0n) is 24.5. The van der Waals surface area contributed by atoms with Crippen LogP contribution in [0.5, 0.6) is 5.75 Å². The molecule has 0 saturated heterocycles. The molecule has 1 aliphatic carbocycles. The van der Waals surface area contributed by atoms with Gasteiger partial charge in [-0.1, -0.05) is 62.6 Å². The van der Waals surface area contributed by atoms with Gasteiger partial charge in [0.1, 0.15) is 23.4 Å². The molecule has 0 bridgehead atoms. The summed E-state index contributed by atoms with van der Waals surface area (Å²) < 4.78 is 5.47. The number of rotatable bonds is 10. The number of phenolic OH excluding ortho intramolecular Hbond substituents is 1. The number of amides is 3. The lowest BCUT2D eigenvalue weighted by Gasteiger charge is -2.35. The zero-order valence-corrected chi connectivity index (χ0v) is 24.5. The van der Waals surface area contributed by atoms with Gasteiger partial charge in [-0.15, -0.1) is 0 Å². The van der Waals surface area contributed by atoms with Crippen molar-refractivity contribution in [3.8, 4) is 5.75 Å². The molecule has 1 aliphatic rings. The molecule has 218 valence electrons. The molecule has 0 spiro atoms. The smallest absolute Gasteiger partial charge is 0.408 e. The predicted octanol–water partition coefficient (Wildman–Crippen LogP) is 5.43. The Hall–Kier alpha value is -3.55. The van der Waals surface area contributed by atoms with Crippen molar-refractivity contribution in [2.75, 3.05) is 6.54 Å². The second-order valence-electron chi connectivity index (χ2n) is 11.5. The van der Waals surface area contributed by atoms with E-state index in [4.69, 9.17) is 4.74 Å². The van der Waals surface area contributed by atoms with Crippen molar-refractivity contribution in [1.29, 1.82) is 0 Å². The summed E-state index contributed by atoms with van der Waals surface area (Å²) in [6.07, 6.45) is 5.50. The van der Waals surface area contributed by atoms with Crippen molar-refractivity contribution in [2.45, 2.75) is 103 Å². The summed E-state index contributed by atoms with van der Waals surface area (Å²) in [6, 6.07) is 12.5. The molecule has 1 fully saturated rings. The maximum Gasteiger partial charge on any atom is 0.408 e. The van der Waals surface area contributed by atoms with Gasteiger partial charge in [-0.05, 0) is 75.8 Å². The first-order valence-electron chi connectivity index (χ1n) is 14.5. The van der Waals surface area contributed by atoms with Gasteiger partial charge in [0.25, 0.3) is 0 Å². The van der Waals surface area contributed by atoms with Crippen LogP contribution >= 0.6 is 0 Å². The average molecular weight is 552 g/mol. The number of carbonyl (C=O) groups is 3. The molecule has 2 aromatic rings. The van der Waals surface area contributed by atoms with Crippen LogP contribution in [0, 0.1) is 0 Å². The third-order valence-corrected chi connectivity index (χ3v) is 7.20. The van der Waals surface area contributed by atoms with E-state index in [-0.39, 0.29) is 36.6 Å². The normalized spacial score (nSPS) is 15.5. The number of aromatic hydroxyl groups is 1. The Morgan fingerprint density at radius 3 is 2.10 bits per heavy atom. The first-order valence-corrected chi connectivity index (χ1v) is 14.5. The molecular weight excluding hydrogens is 506 g/mol. The maximum atomic E-state index is 14.2. The molecular formula is C32H45N3O5. The van der Waals surface area contributed by atoms with E-state index in [9.17, 15) is 19.5 Å². The van der Waals surface area contributed by atoms with Gasteiger partial charge in [0.2, 0.25) is 11.8 Å². The second kappa shape index (κ2) is 14.2. The first kappa shape index (κ1) is 31.0. The third kappa shape index (κ3) is 9.00. The molecule has 2 atom stereocenters. The van der Waals surface area contributed by atoms with Gasteiger partial charge in [0.05, 0.1) is 0 Å². The Balaban J connectivity index is 1.95. The Morgan fingerprint density at radius 2 is 1.55 bits per heavy atom. The van der Waals surface area contributed by atoms with E-state index in [0.717, 1.165) is 48.8 Å². The van der Waals surface area contributed by atoms with Gasteiger partial charge in [0.15, 0.2) is 0 Å². The molecule has 8 heteroatoms. The highest BCUT2D eigenvalue weighted by atomic mass is 16.6. The largest absolute Gasteiger partial charge is 0.508 e. The average Bonchev–Trinajstić information content (AvgIpc) is 2.91. The minimum Gasteiger partial charge on any atom is -0.508 e. The fourth-order valence-electron chi connectivity index (χ4n) is 5.12. The number of aryl methyl sites for hydroxylation is 1. The van der Waals surface area contributed by atoms with E-state index < -0.39 is 23.8 Å². The van der Waals surface area contributed by atoms with Crippen LogP contribution in [0.1, 0.15) is 89.5 Å². The minimum atomic E-state index is -0.987. The molecule has 3 rings (SSSR count). The van der Waals surface area contributed by atoms with Crippen LogP contribution < -0.4 is 10.6 Å². The Labute approximate surface area is 238 Å². The van der Waals surface area contributed by atoms with Gasteiger partial charge < -0.3 is 25.4 Å². The summed E-state index contributed by atoms with van der Waals surface area (Å²) in [5.41, 5.74) is 1.87. The standard InChI is InChI=1S/C32H45N3O5/c1-6-22-13-17-24(18-14-22)28(29(37)33-25-11-9-8-10-12-25)35(7-2)30(38)27(34-31(39)40-32(3,4)5)21-23-15-19-26(36)20-16-23/h13-20,25,27-28,36H,6-12,21H2,1-5H3,(H,33,37)(H,34,39). The Kier molecular flexibility index (Phi) is 11.0. The highest BCUT2D eigenvalue weighted by Crippen LogP contribution is 2.26. The molecule has 2 unspecified atom stereocenters. The van der Waals surface area contributed by atoms with Crippen molar-refractivity contribution >= 4 is 17.9 Å². The summed E-state index contributed by atoms with van der Waals surface area (Å²) in [4.78, 5) is 42.4. The number of nitrogens with one attached hydrogen (secondary N) is 2. The summed E-state index contributed by atoms with van der Waals surface area (Å²) >= 11 is 0. The molecule has 40 heavy (non-hydrogen) atoms. The van der Waals surface area contributed by atoms with Gasteiger partial charge >= 0.3 is 6.09 Å². The van der Waals surface area contributed by atoms with E-state index in [1.807, 2.05) is 31.2 Å². The molecule has 2 aromatic carbocycles. The number of benzene rings is 2. The molecule has 0 aromatic heterocycles. The van der Waals surface area contributed by atoms with Crippen molar-refractivity contribution in [3.63, 3.8) is 0 Å². The van der Waals surface area contributed by atoms with E-state index in [0.29, 0.717) is 0 Å². The molecule has 3 amide bonds. The SMILES string of the molecule is CCc1ccc(C(C(=O)NC2CCCCC2)N(CC)C(=O)C(Cc2ccc(O)cc2)NC(=O)OC(C)(C)C)cc1. The summed E-state index contributed by atoms with van der Waals surface area (Å²) in [7, 11) is 0. The van der Waals surface area contributed by atoms with Gasteiger partial charge in [0, 0.05) is 19.0 Å². The second-order valence-corrected chi connectivity index (χ2v) is 11.5. The van der Waals surface area contributed by atoms with Gasteiger partial charge in [-0.3, -0.25) is 9.59 Å². The van der Waals surface area contributed by atoms with Crippen LogP contribution in [0.3, 0.4) is 0 Å². The highest BCUT2D eigenvalue weighted by molar-refractivity contribution is 5.92. The van der Waals surface area contributed by atoms with E-state index >= 15 is 0 Å². The predicted molar refractivity (Wildman–Crippen MR) is 156 cm³/mol. The van der Waals surface area contributed by atoms with Crippen LogP contribution in [0.15, 0.2) is 48.5 Å². The Bertz CT molecular complexity index is 1120. The monoisotopic (exact) mass is 551 g/mol. The van der Waals surface area contributed by atoms with Crippen LogP contribution in [0.25, 0.3) is 0 Å². The number of nitrogens with zero attached hydrogens (tertiary/aromatic N) is 1. The molecule has 3 N–H and O–H groups in total. The number of ether oxygens (including phenoxy) is 1. The molecule has 0 radical (unpaired) electrons. The quantitative estimate of drug-likeness (QED) is 0.365. The number of hydrogen-bond acceptors (Lipinski definition) is 5. The third-order valence-electron chi connectivity index (χ3n) is 7.20. The van der Waals surface area contributed by atoms with E-state index in [2.05, 4.69) is 17.6 Å². The Morgan fingerprint density at radius 1 is 0.950 bits per heavy atom. The summed E-state index contributed by atoms with van der Waals surface area (Å²) in [6.45, 7) is 9.44. The van der Waals surface area contributed by atoms with Crippen LogP contribution in [-0.4, -0.2) is 52.1 Å². The molecule has 1 saturated carbocycles. The maximum absolute atomic E-state index is 14.2. The summed E-state index contributed by atoms with van der Waals surface area (Å²) in [5.74, 6) is -0.492. The van der Waals surface area contributed by atoms with Crippen LogP contribution in [0.4, 0.5) is 4.79 Å². The number of alkyl carbamates (subject to hydrolysis) is 1. The summed E-state index contributed by atoms with van der Waals surface area (Å²) in [5, 5.41) is 15.7. The van der Waals surface area contributed by atoms with Crippen molar-refractivity contribution in [1.82, 2.24) is 15.5 Å². The topological polar surface area (TPSA) is 108 Å². The van der Waals surface area contributed by atoms with Crippen LogP contribution in [0.2, 0.25) is 0 Å². The first-order chi connectivity index (χ1) is 19.0. The van der Waals surface area contributed by atoms with Crippen molar-refractivity contribution < 1.29 is 24.2 Å². The fourth-order valence-corrected chi connectivity index (χ4v) is 5.12. The van der Waals surface area contributed by atoms with Crippen molar-refractivity contribution in [2.24, 2.45) is 0 Å². The van der Waals surface area contributed by atoms with Crippen molar-refractivity contribution in [3.05, 3.63) is 65.2 Å². The van der Waals surface area contributed by atoms with Crippen LogP contribution in [-0.2, 0) is 27.2 Å². The number of phenols is 1. The zero-order chi connectivity index (χ0) is 29.3. The molecule has 8 nitrogen and oxygen atoms in total. The number of carbonyl (C=O) groups excluding carboxylic acids is 3. The highest BCUT2D eigenvalue weighted by Gasteiger charge is 2.36. The molecule has 0 aliphatic heterocycles. The van der Waals surface area contributed by atoms with E-state index in [1.54, 1.807) is 37.8 Å². The number of likely N-dealkylation sites (N-methyl/N-ethyl adjacent to an activating group) is 1. The lowest BCUT2D eigenvalue weighted by Crippen LogP contribution is -2.54. The van der Waals surface area contributed by atoms with Gasteiger partial charge in [-0.25, -0.2) is 4.79 Å². The van der Waals surface area contributed by atoms with E-state index in [1.165, 1.54) is 18.6 Å². The van der Waals surface area contributed by atoms with Gasteiger partial charge in [-0.2, -0.15) is 0 Å². The fraction of sp³-hybridized carbons (Fsp3) is 0.531. The number of hydrogen-bond donors (Lipinski definition) is 3.